The molecule has 0 atom stereocenters. The zero-order valence-electron chi connectivity index (χ0n) is 21.9. The van der Waals surface area contributed by atoms with Gasteiger partial charge in [0.05, 0.1) is 16.8 Å². The fraction of sp³-hybridized carbons (Fsp3) is 0.0303. The zero-order chi connectivity index (χ0) is 28.3. The smallest absolute Gasteiger partial charge is 0.196 e. The number of hydrogen-bond acceptors (Lipinski definition) is 8. The van der Waals surface area contributed by atoms with Crippen molar-refractivity contribution in [3.05, 3.63) is 137 Å². The molecule has 0 amide bonds. The van der Waals surface area contributed by atoms with Crippen molar-refractivity contribution in [2.75, 3.05) is 10.6 Å². The van der Waals surface area contributed by atoms with Crippen molar-refractivity contribution in [1.82, 2.24) is 4.98 Å². The molecule has 8 heteroatoms. The molecule has 41 heavy (non-hydrogen) atoms. The van der Waals surface area contributed by atoms with Gasteiger partial charge in [0.2, 0.25) is 0 Å². The topological polar surface area (TPSA) is 120 Å². The van der Waals surface area contributed by atoms with E-state index in [2.05, 4.69) is 26.9 Å². The number of para-hydroxylation sites is 2. The van der Waals surface area contributed by atoms with Crippen molar-refractivity contribution in [3.8, 4) is 6.07 Å². The van der Waals surface area contributed by atoms with Gasteiger partial charge >= 0.3 is 0 Å². The first kappa shape index (κ1) is 25.3. The molecule has 0 radical (unpaired) electrons. The van der Waals surface area contributed by atoms with Crippen LogP contribution in [-0.2, 0) is 0 Å². The largest absolute Gasteiger partial charge is 0.339 e. The van der Waals surface area contributed by atoms with Crippen LogP contribution in [0.5, 0.6) is 0 Å². The SMILES string of the molecule is Cc1c(C#N)c(Nc2ccccc2)nc(Nc2ccccc2)c1N=Nc1cccc2c1C(=O)c1ccccc1C2=O. The maximum atomic E-state index is 13.4. The number of nitrogens with zero attached hydrogens (tertiary/aromatic N) is 4. The number of rotatable bonds is 6. The molecule has 1 aliphatic rings. The number of ketones is 2. The van der Waals surface area contributed by atoms with Gasteiger partial charge in [0.25, 0.3) is 0 Å². The zero-order valence-corrected chi connectivity index (χ0v) is 21.9. The summed E-state index contributed by atoms with van der Waals surface area (Å²) in [6, 6.07) is 32.8. The van der Waals surface area contributed by atoms with Crippen molar-refractivity contribution < 1.29 is 9.59 Å². The van der Waals surface area contributed by atoms with Crippen LogP contribution in [0.1, 0.15) is 43.0 Å². The molecule has 0 saturated heterocycles. The highest BCUT2D eigenvalue weighted by atomic mass is 16.1. The van der Waals surface area contributed by atoms with Gasteiger partial charge in [0.15, 0.2) is 23.2 Å². The van der Waals surface area contributed by atoms with Crippen molar-refractivity contribution >= 4 is 46.0 Å². The summed E-state index contributed by atoms with van der Waals surface area (Å²) >= 11 is 0. The lowest BCUT2D eigenvalue weighted by atomic mass is 9.83. The Morgan fingerprint density at radius 1 is 0.659 bits per heavy atom. The van der Waals surface area contributed by atoms with E-state index in [0.29, 0.717) is 39.6 Å². The van der Waals surface area contributed by atoms with E-state index < -0.39 is 0 Å². The van der Waals surface area contributed by atoms with Gasteiger partial charge in [-0.3, -0.25) is 9.59 Å². The number of pyridine rings is 1. The third-order valence-electron chi connectivity index (χ3n) is 6.79. The van der Waals surface area contributed by atoms with E-state index in [1.54, 1.807) is 49.4 Å². The number of carbonyl (C=O) groups excluding carboxylic acids is 2. The van der Waals surface area contributed by atoms with E-state index in [4.69, 9.17) is 4.98 Å². The molecule has 196 valence electrons. The maximum Gasteiger partial charge on any atom is 0.196 e. The molecule has 4 aromatic carbocycles. The molecule has 0 saturated carbocycles. The summed E-state index contributed by atoms with van der Waals surface area (Å²) in [4.78, 5) is 31.4. The molecular weight excluding hydrogens is 512 g/mol. The quantitative estimate of drug-likeness (QED) is 0.209. The van der Waals surface area contributed by atoms with Gasteiger partial charge in [0, 0.05) is 33.6 Å². The van der Waals surface area contributed by atoms with Gasteiger partial charge in [0.1, 0.15) is 11.8 Å². The Balaban J connectivity index is 1.47. The first-order valence-corrected chi connectivity index (χ1v) is 12.9. The molecule has 1 heterocycles. The van der Waals surface area contributed by atoms with Crippen molar-refractivity contribution in [2.45, 2.75) is 6.92 Å². The number of benzene rings is 4. The summed E-state index contributed by atoms with van der Waals surface area (Å²) in [7, 11) is 0. The third kappa shape index (κ3) is 4.73. The minimum atomic E-state index is -0.289. The van der Waals surface area contributed by atoms with Crippen LogP contribution in [0.25, 0.3) is 0 Å². The van der Waals surface area contributed by atoms with Crippen LogP contribution >= 0.6 is 0 Å². The molecule has 0 aliphatic heterocycles. The Bertz CT molecular complexity index is 1890. The van der Waals surface area contributed by atoms with Crippen molar-refractivity contribution in [1.29, 1.82) is 5.26 Å². The molecule has 8 nitrogen and oxygen atoms in total. The lowest BCUT2D eigenvalue weighted by Gasteiger charge is -2.18. The summed E-state index contributed by atoms with van der Waals surface area (Å²) < 4.78 is 0. The second-order valence-corrected chi connectivity index (χ2v) is 9.36. The normalized spacial score (nSPS) is 12.0. The lowest BCUT2D eigenvalue weighted by Crippen LogP contribution is -2.20. The number of hydrogen-bond donors (Lipinski definition) is 2. The second-order valence-electron chi connectivity index (χ2n) is 9.36. The van der Waals surface area contributed by atoms with Crippen LogP contribution in [0.15, 0.2) is 113 Å². The predicted octanol–water partition coefficient (Wildman–Crippen LogP) is 7.94. The number of carbonyl (C=O) groups is 2. The van der Waals surface area contributed by atoms with E-state index in [1.807, 2.05) is 60.7 Å². The van der Waals surface area contributed by atoms with Crippen molar-refractivity contribution in [2.24, 2.45) is 10.2 Å². The minimum absolute atomic E-state index is 0.200. The van der Waals surface area contributed by atoms with E-state index in [-0.39, 0.29) is 28.4 Å². The van der Waals surface area contributed by atoms with E-state index in [9.17, 15) is 14.9 Å². The van der Waals surface area contributed by atoms with Gasteiger partial charge < -0.3 is 10.6 Å². The standard InChI is InChI=1S/C33H22N6O2/c1-20-26(19-34)32(35-21-11-4-2-5-12-21)37-33(36-22-13-6-3-7-14-22)29(20)39-38-27-18-10-17-25-28(27)31(41)24-16-9-8-15-23(24)30(25)40/h2-18H,1H3,(H2,35,36,37). The van der Waals surface area contributed by atoms with Crippen LogP contribution in [0.3, 0.4) is 0 Å². The Morgan fingerprint density at radius 2 is 1.22 bits per heavy atom. The van der Waals surface area contributed by atoms with Gasteiger partial charge in [-0.1, -0.05) is 72.8 Å². The van der Waals surface area contributed by atoms with Crippen LogP contribution in [0.2, 0.25) is 0 Å². The highest BCUT2D eigenvalue weighted by Crippen LogP contribution is 2.39. The number of nitrogens with one attached hydrogen (secondary N) is 2. The Hall–Kier alpha value is -5.94. The minimum Gasteiger partial charge on any atom is -0.339 e. The number of anilines is 4. The highest BCUT2D eigenvalue weighted by molar-refractivity contribution is 6.29. The summed E-state index contributed by atoms with van der Waals surface area (Å²) in [5, 5.41) is 25.5. The number of nitriles is 1. The Morgan fingerprint density at radius 3 is 1.85 bits per heavy atom. The van der Waals surface area contributed by atoms with Gasteiger partial charge in [-0.05, 0) is 37.3 Å². The fourth-order valence-corrected chi connectivity index (χ4v) is 4.76. The Labute approximate surface area is 236 Å². The van der Waals surface area contributed by atoms with Crippen LogP contribution < -0.4 is 10.6 Å². The fourth-order valence-electron chi connectivity index (χ4n) is 4.76. The first-order valence-electron chi connectivity index (χ1n) is 12.9. The Kier molecular flexibility index (Phi) is 6.60. The number of fused-ring (bicyclic) bond motifs is 2. The van der Waals surface area contributed by atoms with E-state index in [1.165, 1.54) is 0 Å². The maximum absolute atomic E-state index is 13.4. The molecule has 0 bridgehead atoms. The molecule has 2 N–H and O–H groups in total. The average Bonchev–Trinajstić information content (AvgIpc) is 3.00. The molecule has 5 aromatic rings. The predicted molar refractivity (Wildman–Crippen MR) is 157 cm³/mol. The molecule has 0 fully saturated rings. The monoisotopic (exact) mass is 534 g/mol. The summed E-state index contributed by atoms with van der Waals surface area (Å²) in [6.45, 7) is 1.77. The average molecular weight is 535 g/mol. The van der Waals surface area contributed by atoms with Crippen LogP contribution in [-0.4, -0.2) is 16.6 Å². The molecular formula is C33H22N6O2. The number of aromatic nitrogens is 1. The summed E-state index contributed by atoms with van der Waals surface area (Å²) in [5.74, 6) is 0.206. The van der Waals surface area contributed by atoms with Gasteiger partial charge in [-0.25, -0.2) is 4.98 Å². The van der Waals surface area contributed by atoms with E-state index in [0.717, 1.165) is 11.4 Å². The lowest BCUT2D eigenvalue weighted by molar-refractivity contribution is 0.0979. The van der Waals surface area contributed by atoms with Gasteiger partial charge in [-0.15, -0.1) is 10.2 Å². The van der Waals surface area contributed by atoms with Crippen molar-refractivity contribution in [3.63, 3.8) is 0 Å². The van der Waals surface area contributed by atoms with E-state index >= 15 is 0 Å². The van der Waals surface area contributed by atoms with Crippen LogP contribution in [0, 0.1) is 18.3 Å². The second kappa shape index (κ2) is 10.7. The molecule has 0 spiro atoms. The molecule has 0 unspecified atom stereocenters. The molecule has 1 aliphatic carbocycles. The molecule has 6 rings (SSSR count). The summed E-state index contributed by atoms with van der Waals surface area (Å²) in [5.41, 5.74) is 4.15. The first-order chi connectivity index (χ1) is 20.0. The van der Waals surface area contributed by atoms with Gasteiger partial charge in [-0.2, -0.15) is 5.26 Å². The highest BCUT2D eigenvalue weighted by Gasteiger charge is 2.31. The third-order valence-corrected chi connectivity index (χ3v) is 6.79. The summed E-state index contributed by atoms with van der Waals surface area (Å²) in [6.07, 6.45) is 0. The number of azo groups is 1. The molecule has 1 aromatic heterocycles. The van der Waals surface area contributed by atoms with Crippen LogP contribution in [0.4, 0.5) is 34.4 Å².